The fourth-order valence-corrected chi connectivity index (χ4v) is 2.63. The summed E-state index contributed by atoms with van der Waals surface area (Å²) in [6.07, 6.45) is 1.44. The Hall–Kier alpha value is -2.44. The van der Waals surface area contributed by atoms with Gasteiger partial charge in [-0.05, 0) is 30.3 Å². The molecule has 0 saturated heterocycles. The molecule has 0 amide bonds. The van der Waals surface area contributed by atoms with Crippen LogP contribution in [0.2, 0.25) is 10.0 Å². The molecule has 0 atom stereocenters. The number of hydrogen-bond donors (Lipinski definition) is 0. The van der Waals surface area contributed by atoms with Crippen molar-refractivity contribution in [1.29, 1.82) is 0 Å². The molecule has 134 valence electrons. The van der Waals surface area contributed by atoms with Gasteiger partial charge in [0.15, 0.2) is 11.7 Å². The Morgan fingerprint density at radius 1 is 1.15 bits per heavy atom. The van der Waals surface area contributed by atoms with E-state index < -0.39 is 17.6 Å². The predicted molar refractivity (Wildman–Crippen MR) is 92.3 cm³/mol. The molecule has 0 aliphatic carbocycles. The van der Waals surface area contributed by atoms with Crippen molar-refractivity contribution < 1.29 is 22.7 Å². The highest BCUT2D eigenvalue weighted by molar-refractivity contribution is 6.35. The smallest absolute Gasteiger partial charge is 0.311 e. The average molecular weight is 398 g/mol. The Balaban J connectivity index is 1.61. The molecule has 3 rings (SSSR count). The summed E-state index contributed by atoms with van der Waals surface area (Å²) in [7, 11) is 0. The molecule has 0 bridgehead atoms. The second-order valence-corrected chi connectivity index (χ2v) is 6.13. The number of halogens is 4. The van der Waals surface area contributed by atoms with Gasteiger partial charge in [-0.3, -0.25) is 4.79 Å². The van der Waals surface area contributed by atoms with Crippen LogP contribution in [0.15, 0.2) is 47.0 Å². The largest absolute Gasteiger partial charge is 0.441 e. The summed E-state index contributed by atoms with van der Waals surface area (Å²) in [5.74, 6) is -1.42. The SMILES string of the molecule is O=C(CCc1ncc(-c2ccc(F)cc2F)o1)Oc1ccc(Cl)cc1Cl. The quantitative estimate of drug-likeness (QED) is 0.423. The van der Waals surface area contributed by atoms with Crippen molar-refractivity contribution in [2.45, 2.75) is 12.8 Å². The lowest BCUT2D eigenvalue weighted by Crippen LogP contribution is -2.09. The number of nitrogens with zero attached hydrogens (tertiary/aromatic N) is 1. The molecule has 0 fully saturated rings. The minimum Gasteiger partial charge on any atom is -0.441 e. The van der Waals surface area contributed by atoms with Gasteiger partial charge in [0.2, 0.25) is 0 Å². The zero-order valence-corrected chi connectivity index (χ0v) is 14.7. The van der Waals surface area contributed by atoms with Crippen molar-refractivity contribution >= 4 is 29.2 Å². The van der Waals surface area contributed by atoms with Gasteiger partial charge in [0.25, 0.3) is 0 Å². The maximum atomic E-state index is 13.7. The van der Waals surface area contributed by atoms with Crippen molar-refractivity contribution in [2.75, 3.05) is 0 Å². The minimum atomic E-state index is -0.760. The molecule has 0 aliphatic rings. The molecule has 0 N–H and O–H groups in total. The van der Waals surface area contributed by atoms with Crippen LogP contribution in [0.4, 0.5) is 8.78 Å². The van der Waals surface area contributed by atoms with E-state index in [2.05, 4.69) is 4.98 Å². The van der Waals surface area contributed by atoms with E-state index in [1.54, 1.807) is 6.07 Å². The number of aromatic nitrogens is 1. The first kappa shape index (κ1) is 18.4. The maximum absolute atomic E-state index is 13.7. The summed E-state index contributed by atoms with van der Waals surface area (Å²) in [6, 6.07) is 7.63. The molecular formula is C18H11Cl2F2NO3. The van der Waals surface area contributed by atoms with E-state index in [-0.39, 0.29) is 40.8 Å². The Morgan fingerprint density at radius 3 is 2.69 bits per heavy atom. The molecule has 0 aliphatic heterocycles. The van der Waals surface area contributed by atoms with Crippen LogP contribution in [0.1, 0.15) is 12.3 Å². The molecule has 1 heterocycles. The highest BCUT2D eigenvalue weighted by Crippen LogP contribution is 2.28. The van der Waals surface area contributed by atoms with Crippen molar-refractivity contribution in [3.05, 3.63) is 70.2 Å². The topological polar surface area (TPSA) is 52.3 Å². The lowest BCUT2D eigenvalue weighted by Gasteiger charge is -2.05. The van der Waals surface area contributed by atoms with Crippen LogP contribution in [0.3, 0.4) is 0 Å². The van der Waals surface area contributed by atoms with E-state index >= 15 is 0 Å². The number of carbonyl (C=O) groups excluding carboxylic acids is 1. The third-order valence-electron chi connectivity index (χ3n) is 3.41. The molecule has 4 nitrogen and oxygen atoms in total. The number of ether oxygens (including phenoxy) is 1. The lowest BCUT2D eigenvalue weighted by atomic mass is 10.2. The fourth-order valence-electron chi connectivity index (χ4n) is 2.18. The van der Waals surface area contributed by atoms with Crippen LogP contribution in [-0.2, 0) is 11.2 Å². The van der Waals surface area contributed by atoms with Gasteiger partial charge in [-0.2, -0.15) is 0 Å². The van der Waals surface area contributed by atoms with Crippen molar-refractivity contribution in [3.8, 4) is 17.1 Å². The van der Waals surface area contributed by atoms with Crippen LogP contribution in [0.25, 0.3) is 11.3 Å². The number of rotatable bonds is 5. The third-order valence-corrected chi connectivity index (χ3v) is 3.94. The first-order valence-electron chi connectivity index (χ1n) is 7.48. The van der Waals surface area contributed by atoms with E-state index in [0.29, 0.717) is 5.02 Å². The van der Waals surface area contributed by atoms with Gasteiger partial charge in [-0.15, -0.1) is 0 Å². The molecule has 0 spiro atoms. The van der Waals surface area contributed by atoms with Crippen LogP contribution in [-0.4, -0.2) is 11.0 Å². The molecule has 1 aromatic heterocycles. The number of carbonyl (C=O) groups is 1. The second kappa shape index (κ2) is 7.85. The molecule has 26 heavy (non-hydrogen) atoms. The first-order chi connectivity index (χ1) is 12.4. The van der Waals surface area contributed by atoms with Crippen LogP contribution in [0.5, 0.6) is 5.75 Å². The Morgan fingerprint density at radius 2 is 1.96 bits per heavy atom. The third kappa shape index (κ3) is 4.39. The lowest BCUT2D eigenvalue weighted by molar-refractivity contribution is -0.134. The van der Waals surface area contributed by atoms with Gasteiger partial charge in [0.1, 0.15) is 17.4 Å². The molecule has 0 saturated carbocycles. The van der Waals surface area contributed by atoms with Crippen molar-refractivity contribution in [1.82, 2.24) is 4.98 Å². The monoisotopic (exact) mass is 397 g/mol. The number of hydrogen-bond acceptors (Lipinski definition) is 4. The van der Waals surface area contributed by atoms with Gasteiger partial charge < -0.3 is 9.15 Å². The Bertz CT molecular complexity index is 959. The summed E-state index contributed by atoms with van der Waals surface area (Å²) in [5, 5.41) is 0.645. The van der Waals surface area contributed by atoms with Crippen molar-refractivity contribution in [2.24, 2.45) is 0 Å². The highest BCUT2D eigenvalue weighted by Gasteiger charge is 2.14. The van der Waals surface area contributed by atoms with Gasteiger partial charge in [0.05, 0.1) is 23.2 Å². The minimum absolute atomic E-state index is 0.0230. The van der Waals surface area contributed by atoms with Crippen LogP contribution >= 0.6 is 23.2 Å². The van der Waals surface area contributed by atoms with E-state index in [1.165, 1.54) is 24.4 Å². The predicted octanol–water partition coefficient (Wildman–Crippen LogP) is 5.46. The van der Waals surface area contributed by atoms with Crippen molar-refractivity contribution in [3.63, 3.8) is 0 Å². The summed E-state index contributed by atoms with van der Waals surface area (Å²) in [4.78, 5) is 15.9. The number of oxazole rings is 1. The number of aryl methyl sites for hydroxylation is 1. The van der Waals surface area contributed by atoms with Gasteiger partial charge in [-0.1, -0.05) is 23.2 Å². The van der Waals surface area contributed by atoms with E-state index in [0.717, 1.165) is 12.1 Å². The molecular weight excluding hydrogens is 387 g/mol. The molecule has 2 aromatic carbocycles. The van der Waals surface area contributed by atoms with Gasteiger partial charge >= 0.3 is 5.97 Å². The van der Waals surface area contributed by atoms with E-state index in [1.807, 2.05) is 0 Å². The summed E-state index contributed by atoms with van der Waals surface area (Å²) in [5.41, 5.74) is 0.0840. The van der Waals surface area contributed by atoms with Gasteiger partial charge in [-0.25, -0.2) is 13.8 Å². The van der Waals surface area contributed by atoms with Crippen LogP contribution < -0.4 is 4.74 Å². The summed E-state index contributed by atoms with van der Waals surface area (Å²) >= 11 is 11.7. The number of benzene rings is 2. The Kier molecular flexibility index (Phi) is 5.54. The first-order valence-corrected chi connectivity index (χ1v) is 8.24. The second-order valence-electron chi connectivity index (χ2n) is 5.29. The van der Waals surface area contributed by atoms with E-state index in [9.17, 15) is 13.6 Å². The zero-order chi connectivity index (χ0) is 18.7. The average Bonchev–Trinajstić information content (AvgIpc) is 3.04. The molecule has 8 heteroatoms. The maximum Gasteiger partial charge on any atom is 0.311 e. The Labute approximate surface area is 157 Å². The van der Waals surface area contributed by atoms with Crippen LogP contribution in [0, 0.1) is 11.6 Å². The summed E-state index contributed by atoms with van der Waals surface area (Å²) in [6.45, 7) is 0. The molecule has 0 radical (unpaired) electrons. The van der Waals surface area contributed by atoms with Gasteiger partial charge in [0, 0.05) is 17.5 Å². The standard InChI is InChI=1S/C18H11Cl2F2NO3/c19-10-1-4-15(13(20)7-10)26-18(24)6-5-17-23-9-16(25-17)12-3-2-11(21)8-14(12)22/h1-4,7-9H,5-6H2. The number of esters is 1. The fraction of sp³-hybridized carbons (Fsp3) is 0.111. The summed E-state index contributed by atoms with van der Waals surface area (Å²) < 4.78 is 37.2. The zero-order valence-electron chi connectivity index (χ0n) is 13.1. The highest BCUT2D eigenvalue weighted by atomic mass is 35.5. The van der Waals surface area contributed by atoms with E-state index in [4.69, 9.17) is 32.4 Å². The molecule has 0 unspecified atom stereocenters. The normalized spacial score (nSPS) is 10.8. The molecule has 3 aromatic rings.